The summed E-state index contributed by atoms with van der Waals surface area (Å²) in [4.78, 5) is 20.8. The number of rotatable bonds is 2. The molecule has 2 aromatic rings. The van der Waals surface area contributed by atoms with Gasteiger partial charge in [0.2, 0.25) is 5.95 Å². The molecule has 5 heteroatoms. The molecule has 0 aliphatic heterocycles. The molecule has 4 rings (SSSR count). The highest BCUT2D eigenvalue weighted by atomic mass is 127. The Morgan fingerprint density at radius 1 is 1.23 bits per heavy atom. The summed E-state index contributed by atoms with van der Waals surface area (Å²) < 4.78 is 1.25. The number of nitrogens with zero attached hydrogens (tertiary/aromatic N) is 2. The Hall–Kier alpha value is -1.50. The summed E-state index contributed by atoms with van der Waals surface area (Å²) in [5, 5.41) is 3.45. The lowest BCUT2D eigenvalue weighted by atomic mass is 9.96. The second-order valence-corrected chi connectivity index (χ2v) is 7.16. The maximum Gasteiger partial charge on any atom is 0.223 e. The second-order valence-electron chi connectivity index (χ2n) is 5.91. The highest BCUT2D eigenvalue weighted by Gasteiger charge is 2.24. The predicted octanol–water partition coefficient (Wildman–Crippen LogP) is 3.70. The summed E-state index contributed by atoms with van der Waals surface area (Å²) in [6, 6.07) is 6.87. The van der Waals surface area contributed by atoms with E-state index >= 15 is 0 Å². The van der Waals surface area contributed by atoms with Crippen molar-refractivity contribution >= 4 is 34.3 Å². The molecule has 112 valence electrons. The average molecular weight is 405 g/mol. The molecule has 0 unspecified atom stereocenters. The van der Waals surface area contributed by atoms with E-state index < -0.39 is 0 Å². The van der Waals surface area contributed by atoms with Gasteiger partial charge in [0.1, 0.15) is 0 Å². The Balaban J connectivity index is 1.61. The minimum Gasteiger partial charge on any atom is -0.347 e. The molecule has 0 spiro atoms. The molecule has 2 aliphatic rings. The number of aromatic nitrogens is 2. The fourth-order valence-electron chi connectivity index (χ4n) is 3.34. The van der Waals surface area contributed by atoms with Crippen LogP contribution in [0.25, 0.3) is 0 Å². The van der Waals surface area contributed by atoms with Crippen molar-refractivity contribution < 1.29 is 4.79 Å². The zero-order valence-electron chi connectivity index (χ0n) is 12.1. The van der Waals surface area contributed by atoms with Gasteiger partial charge in [0.05, 0.1) is 17.3 Å². The van der Waals surface area contributed by atoms with Gasteiger partial charge < -0.3 is 5.32 Å². The van der Waals surface area contributed by atoms with E-state index in [1.807, 2.05) is 0 Å². The molecule has 1 atom stereocenters. The van der Waals surface area contributed by atoms with Gasteiger partial charge in [0, 0.05) is 16.2 Å². The van der Waals surface area contributed by atoms with Crippen molar-refractivity contribution in [2.45, 2.75) is 38.1 Å². The number of aryl methyl sites for hydroxylation is 2. The SMILES string of the molecule is O=C1CCCc2nc(N[C@H]3CCc4ccc(I)cc43)ncc21. The molecule has 1 heterocycles. The van der Waals surface area contributed by atoms with Gasteiger partial charge in [-0.05, 0) is 71.5 Å². The van der Waals surface area contributed by atoms with Crippen molar-refractivity contribution in [2.24, 2.45) is 0 Å². The van der Waals surface area contributed by atoms with Gasteiger partial charge in [0.25, 0.3) is 0 Å². The summed E-state index contributed by atoms with van der Waals surface area (Å²) in [7, 11) is 0. The first-order valence-corrected chi connectivity index (χ1v) is 8.72. The molecule has 0 saturated heterocycles. The third-order valence-corrected chi connectivity index (χ3v) is 5.15. The van der Waals surface area contributed by atoms with E-state index in [2.05, 4.69) is 56.1 Å². The average Bonchev–Trinajstić information content (AvgIpc) is 2.90. The molecule has 0 amide bonds. The maximum atomic E-state index is 11.8. The molecule has 22 heavy (non-hydrogen) atoms. The summed E-state index contributed by atoms with van der Waals surface area (Å²) in [6.07, 6.45) is 6.24. The first-order chi connectivity index (χ1) is 10.7. The standard InChI is InChI=1S/C17H16IN3O/c18-11-6-4-10-5-7-15(12(10)8-11)21-17-19-9-13-14(20-17)2-1-3-16(13)22/h4,6,8-9,15H,1-3,5,7H2,(H,19,20,21)/t15-/m0/s1. The molecule has 0 saturated carbocycles. The Morgan fingerprint density at radius 2 is 2.14 bits per heavy atom. The van der Waals surface area contributed by atoms with E-state index in [-0.39, 0.29) is 11.8 Å². The van der Waals surface area contributed by atoms with Crippen molar-refractivity contribution in [2.75, 3.05) is 5.32 Å². The lowest BCUT2D eigenvalue weighted by Crippen LogP contribution is -2.16. The lowest BCUT2D eigenvalue weighted by Gasteiger charge is -2.17. The monoisotopic (exact) mass is 405 g/mol. The smallest absolute Gasteiger partial charge is 0.223 e. The van der Waals surface area contributed by atoms with Crippen LogP contribution in [0.3, 0.4) is 0 Å². The predicted molar refractivity (Wildman–Crippen MR) is 93.1 cm³/mol. The van der Waals surface area contributed by atoms with Gasteiger partial charge in [-0.25, -0.2) is 9.97 Å². The van der Waals surface area contributed by atoms with Crippen LogP contribution in [-0.2, 0) is 12.8 Å². The van der Waals surface area contributed by atoms with E-state index in [4.69, 9.17) is 0 Å². The van der Waals surface area contributed by atoms with E-state index in [9.17, 15) is 4.79 Å². The minimum absolute atomic E-state index is 0.175. The molecule has 0 bridgehead atoms. The topological polar surface area (TPSA) is 54.9 Å². The molecule has 1 aromatic heterocycles. The van der Waals surface area contributed by atoms with Gasteiger partial charge in [-0.1, -0.05) is 6.07 Å². The first-order valence-electron chi connectivity index (χ1n) is 7.65. The first kappa shape index (κ1) is 14.1. The van der Waals surface area contributed by atoms with Crippen LogP contribution in [0, 0.1) is 3.57 Å². The van der Waals surface area contributed by atoms with Crippen molar-refractivity contribution in [1.82, 2.24) is 9.97 Å². The number of nitrogens with one attached hydrogen (secondary N) is 1. The Labute approximate surface area is 142 Å². The number of hydrogen-bond donors (Lipinski definition) is 1. The minimum atomic E-state index is 0.175. The number of hydrogen-bond acceptors (Lipinski definition) is 4. The number of halogens is 1. The summed E-state index contributed by atoms with van der Waals surface area (Å²) in [6.45, 7) is 0. The number of fused-ring (bicyclic) bond motifs is 2. The van der Waals surface area contributed by atoms with E-state index in [0.717, 1.165) is 31.4 Å². The highest BCUT2D eigenvalue weighted by molar-refractivity contribution is 14.1. The van der Waals surface area contributed by atoms with Crippen LogP contribution in [0.4, 0.5) is 5.95 Å². The zero-order chi connectivity index (χ0) is 15.1. The molecule has 4 nitrogen and oxygen atoms in total. The Morgan fingerprint density at radius 3 is 3.05 bits per heavy atom. The van der Waals surface area contributed by atoms with Crippen LogP contribution in [0.2, 0.25) is 0 Å². The maximum absolute atomic E-state index is 11.8. The fraction of sp³-hybridized carbons (Fsp3) is 0.353. The molecule has 0 radical (unpaired) electrons. The molecule has 0 fully saturated rings. The van der Waals surface area contributed by atoms with Crippen LogP contribution < -0.4 is 5.32 Å². The highest BCUT2D eigenvalue weighted by Crippen LogP contribution is 2.34. The fourth-order valence-corrected chi connectivity index (χ4v) is 3.86. The molecule has 1 N–H and O–H groups in total. The van der Waals surface area contributed by atoms with Gasteiger partial charge in [-0.15, -0.1) is 0 Å². The Kier molecular flexibility index (Phi) is 3.60. The number of ketones is 1. The van der Waals surface area contributed by atoms with Crippen molar-refractivity contribution in [3.8, 4) is 0 Å². The zero-order valence-corrected chi connectivity index (χ0v) is 14.3. The largest absolute Gasteiger partial charge is 0.347 e. The number of anilines is 1. The number of benzene rings is 1. The van der Waals surface area contributed by atoms with Crippen molar-refractivity contribution in [1.29, 1.82) is 0 Å². The van der Waals surface area contributed by atoms with Crippen LogP contribution >= 0.6 is 22.6 Å². The normalized spacial score (nSPS) is 19.7. The molecule has 1 aromatic carbocycles. The van der Waals surface area contributed by atoms with Gasteiger partial charge in [-0.2, -0.15) is 0 Å². The van der Waals surface area contributed by atoms with Gasteiger partial charge in [-0.3, -0.25) is 4.79 Å². The third kappa shape index (κ3) is 2.51. The number of carbonyl (C=O) groups excluding carboxylic acids is 1. The van der Waals surface area contributed by atoms with Crippen LogP contribution in [0.15, 0.2) is 24.4 Å². The Bertz CT molecular complexity index is 760. The van der Waals surface area contributed by atoms with Crippen molar-refractivity contribution in [3.05, 3.63) is 50.4 Å². The van der Waals surface area contributed by atoms with E-state index in [0.29, 0.717) is 17.9 Å². The van der Waals surface area contributed by atoms with Crippen LogP contribution in [0.5, 0.6) is 0 Å². The summed E-state index contributed by atoms with van der Waals surface area (Å²) in [5.74, 6) is 0.818. The van der Waals surface area contributed by atoms with Crippen LogP contribution in [0.1, 0.15) is 52.5 Å². The van der Waals surface area contributed by atoms with E-state index in [1.165, 1.54) is 14.7 Å². The van der Waals surface area contributed by atoms with Gasteiger partial charge >= 0.3 is 0 Å². The summed E-state index contributed by atoms with van der Waals surface area (Å²) >= 11 is 2.35. The molecular weight excluding hydrogens is 389 g/mol. The van der Waals surface area contributed by atoms with E-state index in [1.54, 1.807) is 6.20 Å². The lowest BCUT2D eigenvalue weighted by molar-refractivity contribution is 0.0971. The third-order valence-electron chi connectivity index (χ3n) is 4.47. The van der Waals surface area contributed by atoms with Crippen molar-refractivity contribution in [3.63, 3.8) is 0 Å². The van der Waals surface area contributed by atoms with Crippen LogP contribution in [-0.4, -0.2) is 15.8 Å². The second kappa shape index (κ2) is 5.61. The quantitative estimate of drug-likeness (QED) is 0.775. The molecule has 2 aliphatic carbocycles. The number of carbonyl (C=O) groups is 1. The summed E-state index contributed by atoms with van der Waals surface area (Å²) in [5.41, 5.74) is 4.36. The number of Topliss-reactive ketones (excluding diaryl/α,β-unsaturated/α-hetero) is 1. The molecular formula is C17H16IN3O. The van der Waals surface area contributed by atoms with Gasteiger partial charge in [0.15, 0.2) is 5.78 Å².